The fraction of sp³-hybridized carbons (Fsp3) is 0.438. The van der Waals surface area contributed by atoms with Crippen LogP contribution in [0.2, 0.25) is 0 Å². The van der Waals surface area contributed by atoms with Crippen LogP contribution in [0.15, 0.2) is 47.9 Å². The summed E-state index contributed by atoms with van der Waals surface area (Å²) in [6.45, 7) is 6.23. The van der Waals surface area contributed by atoms with E-state index in [1.165, 1.54) is 12.5 Å². The molecule has 2 N–H and O–H groups in total. The Balaban J connectivity index is 2.08. The summed E-state index contributed by atoms with van der Waals surface area (Å²) in [5.41, 5.74) is -0.650. The van der Waals surface area contributed by atoms with Crippen molar-refractivity contribution >= 4 is 10.0 Å². The van der Waals surface area contributed by atoms with E-state index in [2.05, 4.69) is 9.71 Å². The molecule has 126 valence electrons. The van der Waals surface area contributed by atoms with Crippen molar-refractivity contribution in [3.63, 3.8) is 0 Å². The van der Waals surface area contributed by atoms with Crippen LogP contribution in [0.5, 0.6) is 0 Å². The van der Waals surface area contributed by atoms with Gasteiger partial charge in [-0.2, -0.15) is 0 Å². The van der Waals surface area contributed by atoms with Gasteiger partial charge in [-0.05, 0) is 18.4 Å². The van der Waals surface area contributed by atoms with Gasteiger partial charge >= 0.3 is 0 Å². The Morgan fingerprint density at radius 3 is 2.57 bits per heavy atom. The first-order valence-electron chi connectivity index (χ1n) is 7.50. The lowest BCUT2D eigenvalue weighted by Crippen LogP contribution is -2.38. The highest BCUT2D eigenvalue weighted by Gasteiger charge is 2.27. The highest BCUT2D eigenvalue weighted by atomic mass is 32.2. The van der Waals surface area contributed by atoms with Gasteiger partial charge < -0.3 is 9.67 Å². The van der Waals surface area contributed by atoms with E-state index in [1.807, 2.05) is 19.9 Å². The third-order valence-corrected chi connectivity index (χ3v) is 4.75. The number of aromatic nitrogens is 2. The summed E-state index contributed by atoms with van der Waals surface area (Å²) in [6, 6.07) is 8.94. The van der Waals surface area contributed by atoms with E-state index in [4.69, 9.17) is 0 Å². The third-order valence-electron chi connectivity index (χ3n) is 3.46. The molecule has 0 aliphatic rings. The Labute approximate surface area is 137 Å². The van der Waals surface area contributed by atoms with Crippen LogP contribution in [0.25, 0.3) is 0 Å². The molecule has 23 heavy (non-hydrogen) atoms. The summed E-state index contributed by atoms with van der Waals surface area (Å²) in [5, 5.41) is 10.4. The van der Waals surface area contributed by atoms with Gasteiger partial charge in [-0.15, -0.1) is 0 Å². The third kappa shape index (κ3) is 4.63. The maximum Gasteiger partial charge on any atom is 0.259 e. The fourth-order valence-corrected chi connectivity index (χ4v) is 3.29. The molecule has 1 atom stereocenters. The Morgan fingerprint density at radius 2 is 1.96 bits per heavy atom. The van der Waals surface area contributed by atoms with Crippen LogP contribution >= 0.6 is 0 Å². The molecule has 0 saturated heterocycles. The van der Waals surface area contributed by atoms with Crippen LogP contribution in [0.3, 0.4) is 0 Å². The summed E-state index contributed by atoms with van der Waals surface area (Å²) in [5.74, 6) is 0.395. The largest absolute Gasteiger partial charge is 0.384 e. The average molecular weight is 337 g/mol. The van der Waals surface area contributed by atoms with Crippen molar-refractivity contribution in [2.24, 2.45) is 5.92 Å². The van der Waals surface area contributed by atoms with Crippen molar-refractivity contribution in [2.45, 2.75) is 37.9 Å². The molecule has 0 saturated carbocycles. The van der Waals surface area contributed by atoms with Gasteiger partial charge in [0.1, 0.15) is 5.60 Å². The molecule has 2 rings (SSSR count). The highest BCUT2D eigenvalue weighted by Crippen LogP contribution is 2.20. The number of imidazole rings is 1. The maximum atomic E-state index is 12.3. The zero-order chi connectivity index (χ0) is 17.1. The number of nitrogens with zero attached hydrogens (tertiary/aromatic N) is 2. The van der Waals surface area contributed by atoms with Gasteiger partial charge in [0.05, 0.1) is 6.33 Å². The van der Waals surface area contributed by atoms with Crippen molar-refractivity contribution in [1.82, 2.24) is 14.3 Å². The molecule has 6 nitrogen and oxygen atoms in total. The van der Waals surface area contributed by atoms with Gasteiger partial charge in [-0.1, -0.05) is 44.2 Å². The summed E-state index contributed by atoms with van der Waals surface area (Å²) in [4.78, 5) is 3.95. The predicted octanol–water partition coefficient (Wildman–Crippen LogP) is 1.73. The molecular formula is C16H23N3O3S. The van der Waals surface area contributed by atoms with E-state index < -0.39 is 15.6 Å². The minimum absolute atomic E-state index is 0.0398. The topological polar surface area (TPSA) is 84.2 Å². The summed E-state index contributed by atoms with van der Waals surface area (Å²) >= 11 is 0. The molecule has 7 heteroatoms. The summed E-state index contributed by atoms with van der Waals surface area (Å²) in [6.07, 6.45) is 3.00. The first kappa shape index (κ1) is 17.7. The van der Waals surface area contributed by atoms with Gasteiger partial charge in [-0.25, -0.2) is 18.1 Å². The van der Waals surface area contributed by atoms with Crippen LogP contribution < -0.4 is 4.72 Å². The second-order valence-corrected chi connectivity index (χ2v) is 7.98. The van der Waals surface area contributed by atoms with Gasteiger partial charge in [0.2, 0.25) is 0 Å². The Kier molecular flexibility index (Phi) is 5.23. The quantitative estimate of drug-likeness (QED) is 0.806. The molecule has 0 fully saturated rings. The second-order valence-electron chi connectivity index (χ2n) is 6.27. The van der Waals surface area contributed by atoms with E-state index in [9.17, 15) is 13.5 Å². The Morgan fingerprint density at radius 1 is 1.30 bits per heavy atom. The molecule has 0 spiro atoms. The molecule has 0 unspecified atom stereocenters. The molecule has 1 aromatic heterocycles. The van der Waals surface area contributed by atoms with Crippen LogP contribution in [0.1, 0.15) is 26.3 Å². The molecule has 2 aromatic rings. The average Bonchev–Trinajstić information content (AvgIpc) is 2.95. The number of nitrogens with one attached hydrogen (secondary N) is 1. The van der Waals surface area contributed by atoms with E-state index in [-0.39, 0.29) is 11.6 Å². The van der Waals surface area contributed by atoms with Crippen molar-refractivity contribution in [3.8, 4) is 0 Å². The maximum absolute atomic E-state index is 12.3. The summed E-state index contributed by atoms with van der Waals surface area (Å²) < 4.78 is 28.8. The Bertz CT molecular complexity index is 737. The van der Waals surface area contributed by atoms with Crippen molar-refractivity contribution in [3.05, 3.63) is 48.4 Å². The SMILES string of the molecule is CC(C)Cn1cnc(S(=O)(=O)NC[C@](C)(O)c2ccccc2)c1. The van der Waals surface area contributed by atoms with Crippen molar-refractivity contribution < 1.29 is 13.5 Å². The van der Waals surface area contributed by atoms with Gasteiger partial charge in [0.15, 0.2) is 5.03 Å². The molecule has 1 aromatic carbocycles. The lowest BCUT2D eigenvalue weighted by Gasteiger charge is -2.23. The zero-order valence-corrected chi connectivity index (χ0v) is 14.4. The Hall–Kier alpha value is -1.70. The van der Waals surface area contributed by atoms with Crippen LogP contribution in [0, 0.1) is 5.92 Å². The van der Waals surface area contributed by atoms with Gasteiger partial charge in [-0.3, -0.25) is 0 Å². The number of hydrogen-bond donors (Lipinski definition) is 2. The first-order chi connectivity index (χ1) is 10.7. The normalized spacial score (nSPS) is 14.8. The molecule has 0 radical (unpaired) electrons. The molecule has 0 amide bonds. The summed E-state index contributed by atoms with van der Waals surface area (Å²) in [7, 11) is -3.76. The molecule has 1 heterocycles. The number of benzene rings is 1. The monoisotopic (exact) mass is 337 g/mol. The fourth-order valence-electron chi connectivity index (χ4n) is 2.21. The lowest BCUT2D eigenvalue weighted by molar-refractivity contribution is 0.0627. The predicted molar refractivity (Wildman–Crippen MR) is 88.3 cm³/mol. The minimum Gasteiger partial charge on any atom is -0.384 e. The molecule has 0 aliphatic heterocycles. The number of sulfonamides is 1. The van der Waals surface area contributed by atoms with Gasteiger partial charge in [0, 0.05) is 19.3 Å². The van der Waals surface area contributed by atoms with E-state index >= 15 is 0 Å². The van der Waals surface area contributed by atoms with E-state index in [0.29, 0.717) is 18.0 Å². The molecule has 0 bridgehead atoms. The van der Waals surface area contributed by atoms with Crippen LogP contribution in [-0.4, -0.2) is 29.6 Å². The number of aliphatic hydroxyl groups is 1. The van der Waals surface area contributed by atoms with Crippen LogP contribution in [-0.2, 0) is 22.2 Å². The lowest BCUT2D eigenvalue weighted by atomic mass is 9.97. The molecule has 0 aliphatic carbocycles. The zero-order valence-electron chi connectivity index (χ0n) is 13.6. The molecular weight excluding hydrogens is 314 g/mol. The van der Waals surface area contributed by atoms with Crippen molar-refractivity contribution in [1.29, 1.82) is 0 Å². The van der Waals surface area contributed by atoms with Crippen LogP contribution in [0.4, 0.5) is 0 Å². The van der Waals surface area contributed by atoms with Gasteiger partial charge in [0.25, 0.3) is 10.0 Å². The number of hydrogen-bond acceptors (Lipinski definition) is 4. The van der Waals surface area contributed by atoms with Crippen molar-refractivity contribution in [2.75, 3.05) is 6.54 Å². The van der Waals surface area contributed by atoms with E-state index in [0.717, 1.165) is 0 Å². The smallest absolute Gasteiger partial charge is 0.259 e. The standard InChI is InChI=1S/C16H23N3O3S/c1-13(2)9-19-10-15(17-12-19)23(21,22)18-11-16(3,20)14-7-5-4-6-8-14/h4-8,10,12-13,18,20H,9,11H2,1-3H3/t16-/m0/s1. The first-order valence-corrected chi connectivity index (χ1v) is 8.98. The highest BCUT2D eigenvalue weighted by molar-refractivity contribution is 7.89. The number of rotatable bonds is 7. The van der Waals surface area contributed by atoms with E-state index in [1.54, 1.807) is 35.8 Å². The second kappa shape index (κ2) is 6.82. The minimum atomic E-state index is -3.76.